The van der Waals surface area contributed by atoms with E-state index < -0.39 is 0 Å². The van der Waals surface area contributed by atoms with E-state index in [1.54, 1.807) is 23.4 Å². The second-order valence-corrected chi connectivity index (χ2v) is 2.82. The third-order valence-corrected chi connectivity index (χ3v) is 1.71. The monoisotopic (exact) mass is 174 g/mol. The molecular formula is C11H14N2. The Morgan fingerprint density at radius 2 is 1.92 bits per heavy atom. The zero-order valence-electron chi connectivity index (χ0n) is 7.77. The molecule has 0 bridgehead atoms. The Bertz CT molecular complexity index is 298. The Morgan fingerprint density at radius 3 is 2.46 bits per heavy atom. The van der Waals surface area contributed by atoms with Gasteiger partial charge in [-0.1, -0.05) is 30.4 Å². The number of rotatable bonds is 3. The van der Waals surface area contributed by atoms with Crippen molar-refractivity contribution in [2.45, 2.75) is 6.92 Å². The number of nitrogens with two attached hydrogens (primary N) is 1. The van der Waals surface area contributed by atoms with Crippen LogP contribution in [-0.2, 0) is 0 Å². The average Bonchev–Trinajstić information content (AvgIpc) is 2.15. The van der Waals surface area contributed by atoms with Crippen LogP contribution in [0.4, 0.5) is 5.69 Å². The first-order chi connectivity index (χ1) is 6.24. The molecule has 0 amide bonds. The van der Waals surface area contributed by atoms with Crippen LogP contribution in [0.5, 0.6) is 0 Å². The molecule has 0 aliphatic carbocycles. The van der Waals surface area contributed by atoms with Crippen molar-refractivity contribution < 1.29 is 0 Å². The molecule has 2 nitrogen and oxygen atoms in total. The van der Waals surface area contributed by atoms with Crippen LogP contribution in [0.25, 0.3) is 0 Å². The van der Waals surface area contributed by atoms with Gasteiger partial charge in [0.25, 0.3) is 0 Å². The third kappa shape index (κ3) is 2.76. The molecule has 1 aromatic carbocycles. The molecule has 1 aromatic rings. The van der Waals surface area contributed by atoms with E-state index in [0.717, 1.165) is 5.69 Å². The smallest absolute Gasteiger partial charge is 0.0568 e. The molecule has 0 aliphatic heterocycles. The number of anilines is 1. The lowest BCUT2D eigenvalue weighted by Crippen LogP contribution is -2.23. The summed E-state index contributed by atoms with van der Waals surface area (Å²) in [5.41, 5.74) is 2.19. The maximum Gasteiger partial charge on any atom is 0.0568 e. The molecule has 0 radical (unpaired) electrons. The molecule has 0 aliphatic rings. The maximum absolute atomic E-state index is 5.73. The summed E-state index contributed by atoms with van der Waals surface area (Å²) < 4.78 is 0. The first-order valence-corrected chi connectivity index (χ1v) is 4.14. The van der Waals surface area contributed by atoms with E-state index in [-0.39, 0.29) is 0 Å². The minimum absolute atomic E-state index is 0.962. The Morgan fingerprint density at radius 1 is 1.31 bits per heavy atom. The van der Waals surface area contributed by atoms with Gasteiger partial charge in [-0.3, -0.25) is 5.01 Å². The summed E-state index contributed by atoms with van der Waals surface area (Å²) >= 11 is 0. The van der Waals surface area contributed by atoms with Gasteiger partial charge in [0.1, 0.15) is 0 Å². The number of benzene rings is 1. The summed E-state index contributed by atoms with van der Waals surface area (Å²) in [5, 5.41) is 1.56. The van der Waals surface area contributed by atoms with E-state index in [9.17, 15) is 0 Å². The number of hydrogen-bond acceptors (Lipinski definition) is 2. The molecule has 13 heavy (non-hydrogen) atoms. The van der Waals surface area contributed by atoms with Crippen LogP contribution < -0.4 is 10.9 Å². The molecular weight excluding hydrogens is 160 g/mol. The maximum atomic E-state index is 5.73. The van der Waals surface area contributed by atoms with Crippen molar-refractivity contribution in [3.8, 4) is 0 Å². The molecule has 0 aromatic heterocycles. The fourth-order valence-corrected chi connectivity index (χ4v) is 0.957. The number of allylic oxidation sites excluding steroid dienone is 2. The van der Waals surface area contributed by atoms with Gasteiger partial charge in [0, 0.05) is 6.20 Å². The lowest BCUT2D eigenvalue weighted by Gasteiger charge is -2.12. The van der Waals surface area contributed by atoms with E-state index in [1.165, 1.54) is 5.56 Å². The second-order valence-electron chi connectivity index (χ2n) is 2.82. The van der Waals surface area contributed by atoms with Crippen LogP contribution in [0, 0.1) is 6.92 Å². The van der Waals surface area contributed by atoms with E-state index in [2.05, 4.69) is 6.58 Å². The van der Waals surface area contributed by atoms with Crippen LogP contribution in [0.2, 0.25) is 0 Å². The summed E-state index contributed by atoms with van der Waals surface area (Å²) in [6, 6.07) is 8.00. The van der Waals surface area contributed by atoms with Crippen LogP contribution in [0.3, 0.4) is 0 Å². The minimum atomic E-state index is 0.962. The summed E-state index contributed by atoms with van der Waals surface area (Å²) in [6.45, 7) is 5.62. The van der Waals surface area contributed by atoms with Gasteiger partial charge in [0.2, 0.25) is 0 Å². The minimum Gasteiger partial charge on any atom is -0.287 e. The van der Waals surface area contributed by atoms with Crippen molar-refractivity contribution in [3.63, 3.8) is 0 Å². The average molecular weight is 174 g/mol. The predicted octanol–water partition coefficient (Wildman–Crippen LogP) is 2.37. The predicted molar refractivity (Wildman–Crippen MR) is 57.2 cm³/mol. The second kappa shape index (κ2) is 4.48. The molecule has 0 atom stereocenters. The highest BCUT2D eigenvalue weighted by atomic mass is 15.4. The lowest BCUT2D eigenvalue weighted by molar-refractivity contribution is 1.08. The zero-order chi connectivity index (χ0) is 9.68. The van der Waals surface area contributed by atoms with Crippen molar-refractivity contribution in [2.24, 2.45) is 5.84 Å². The van der Waals surface area contributed by atoms with E-state index in [4.69, 9.17) is 5.84 Å². The van der Waals surface area contributed by atoms with Gasteiger partial charge >= 0.3 is 0 Å². The van der Waals surface area contributed by atoms with E-state index in [0.29, 0.717) is 0 Å². The molecule has 68 valence electrons. The highest BCUT2D eigenvalue weighted by Crippen LogP contribution is 2.11. The zero-order valence-corrected chi connectivity index (χ0v) is 7.77. The van der Waals surface area contributed by atoms with Crippen LogP contribution in [-0.4, -0.2) is 0 Å². The largest absolute Gasteiger partial charge is 0.287 e. The molecule has 2 heteroatoms. The van der Waals surface area contributed by atoms with Gasteiger partial charge in [0.15, 0.2) is 0 Å². The quantitative estimate of drug-likeness (QED) is 0.433. The molecule has 1 rings (SSSR count). The highest BCUT2D eigenvalue weighted by Gasteiger charge is 1.94. The van der Waals surface area contributed by atoms with Gasteiger partial charge in [-0.15, -0.1) is 0 Å². The molecule has 2 N–H and O–H groups in total. The van der Waals surface area contributed by atoms with Gasteiger partial charge in [-0.2, -0.15) is 0 Å². The van der Waals surface area contributed by atoms with Crippen molar-refractivity contribution >= 4 is 5.69 Å². The molecule has 0 saturated carbocycles. The SMILES string of the molecule is C=C/C=C\N(N)c1ccc(C)cc1. The van der Waals surface area contributed by atoms with Gasteiger partial charge in [-0.05, 0) is 25.1 Å². The topological polar surface area (TPSA) is 29.3 Å². The van der Waals surface area contributed by atoms with Crippen molar-refractivity contribution in [2.75, 3.05) is 5.01 Å². The molecule has 0 fully saturated rings. The summed E-state index contributed by atoms with van der Waals surface area (Å²) in [6.07, 6.45) is 5.24. The Labute approximate surface area is 78.9 Å². The number of hydrogen-bond donors (Lipinski definition) is 1. The van der Waals surface area contributed by atoms with Crippen LogP contribution in [0.15, 0.2) is 49.2 Å². The molecule has 0 saturated heterocycles. The number of nitrogens with zero attached hydrogens (tertiary/aromatic N) is 1. The normalized spacial score (nSPS) is 10.3. The highest BCUT2D eigenvalue weighted by molar-refractivity contribution is 5.48. The Kier molecular flexibility index (Phi) is 3.29. The fourth-order valence-electron chi connectivity index (χ4n) is 0.957. The molecule has 0 heterocycles. The molecule has 0 spiro atoms. The number of hydrazine groups is 1. The van der Waals surface area contributed by atoms with Crippen molar-refractivity contribution in [3.05, 3.63) is 54.8 Å². The lowest BCUT2D eigenvalue weighted by atomic mass is 10.2. The number of aryl methyl sites for hydroxylation is 1. The van der Waals surface area contributed by atoms with Gasteiger partial charge in [-0.25, -0.2) is 5.84 Å². The molecule has 0 unspecified atom stereocenters. The van der Waals surface area contributed by atoms with E-state index >= 15 is 0 Å². The Hall–Kier alpha value is -1.54. The standard InChI is InChI=1S/C11H14N2/c1-3-4-9-13(12)11-7-5-10(2)6-8-11/h3-9H,1,12H2,2H3/b9-4-. The van der Waals surface area contributed by atoms with Gasteiger partial charge in [0.05, 0.1) is 5.69 Å². The summed E-state index contributed by atoms with van der Waals surface area (Å²) in [4.78, 5) is 0. The first kappa shape index (κ1) is 9.55. The van der Waals surface area contributed by atoms with Crippen LogP contribution >= 0.6 is 0 Å². The fraction of sp³-hybridized carbons (Fsp3) is 0.0909. The van der Waals surface area contributed by atoms with Crippen molar-refractivity contribution in [1.82, 2.24) is 0 Å². The Balaban J connectivity index is 2.77. The van der Waals surface area contributed by atoms with E-state index in [1.807, 2.05) is 31.2 Å². The summed E-state index contributed by atoms with van der Waals surface area (Å²) in [5.74, 6) is 5.73. The van der Waals surface area contributed by atoms with Gasteiger partial charge < -0.3 is 0 Å². The van der Waals surface area contributed by atoms with Crippen molar-refractivity contribution in [1.29, 1.82) is 0 Å². The third-order valence-electron chi connectivity index (χ3n) is 1.71. The van der Waals surface area contributed by atoms with Crippen LogP contribution in [0.1, 0.15) is 5.56 Å². The summed E-state index contributed by atoms with van der Waals surface area (Å²) in [7, 11) is 0. The first-order valence-electron chi connectivity index (χ1n) is 4.14.